The third-order valence-corrected chi connectivity index (χ3v) is 4.73. The Morgan fingerprint density at radius 1 is 1.38 bits per heavy atom. The van der Waals surface area contributed by atoms with Crippen LogP contribution in [0.15, 0.2) is 18.2 Å². The van der Waals surface area contributed by atoms with Crippen LogP contribution in [0.2, 0.25) is 0 Å². The number of methoxy groups -OCH3 is 1. The fourth-order valence-electron chi connectivity index (χ4n) is 3.26. The lowest BCUT2D eigenvalue weighted by Crippen LogP contribution is -3.20. The third kappa shape index (κ3) is 4.82. The Kier molecular flexibility index (Phi) is 6.74. The molecule has 26 heavy (non-hydrogen) atoms. The standard InChI is InChI=1S/C19H27N3O4/c1-12(2)14-7-5-6-13(3)18(14)21-16(23)11-22-9-8-20-19(25)15(22)10-17(24)26-4/h5-7,12,15H,8-11H2,1-4H3,(H,20,25)(H,21,23)/p+1/t15-/m0/s1. The number of hydrogen-bond donors (Lipinski definition) is 3. The zero-order chi connectivity index (χ0) is 19.3. The molecule has 3 N–H and O–H groups in total. The summed E-state index contributed by atoms with van der Waals surface area (Å²) in [7, 11) is 1.29. The van der Waals surface area contributed by atoms with Gasteiger partial charge in [-0.15, -0.1) is 0 Å². The van der Waals surface area contributed by atoms with Crippen molar-refractivity contribution in [3.8, 4) is 0 Å². The van der Waals surface area contributed by atoms with Gasteiger partial charge in [0, 0.05) is 5.69 Å². The molecule has 0 spiro atoms. The average molecular weight is 362 g/mol. The lowest BCUT2D eigenvalue weighted by Gasteiger charge is -2.31. The van der Waals surface area contributed by atoms with Gasteiger partial charge in [-0.25, -0.2) is 0 Å². The lowest BCUT2D eigenvalue weighted by molar-refractivity contribution is -0.909. The molecule has 2 rings (SSSR count). The Balaban J connectivity index is 2.11. The van der Waals surface area contributed by atoms with Crippen LogP contribution in [0, 0.1) is 6.92 Å². The molecule has 0 aromatic heterocycles. The summed E-state index contributed by atoms with van der Waals surface area (Å²) in [5.74, 6) is -0.555. The number of para-hydroxylation sites is 1. The number of amides is 2. The number of aryl methyl sites for hydroxylation is 1. The summed E-state index contributed by atoms with van der Waals surface area (Å²) in [6.45, 7) is 7.32. The summed E-state index contributed by atoms with van der Waals surface area (Å²) < 4.78 is 4.68. The van der Waals surface area contributed by atoms with Gasteiger partial charge >= 0.3 is 5.97 Å². The van der Waals surface area contributed by atoms with Crippen LogP contribution in [0.5, 0.6) is 0 Å². The van der Waals surface area contributed by atoms with Crippen LogP contribution in [0.3, 0.4) is 0 Å². The van der Waals surface area contributed by atoms with Crippen LogP contribution >= 0.6 is 0 Å². The van der Waals surface area contributed by atoms with Crippen molar-refractivity contribution in [1.29, 1.82) is 0 Å². The predicted molar refractivity (Wildman–Crippen MR) is 98.0 cm³/mol. The molecule has 2 atom stereocenters. The van der Waals surface area contributed by atoms with E-state index in [-0.39, 0.29) is 30.7 Å². The van der Waals surface area contributed by atoms with Crippen molar-refractivity contribution in [3.05, 3.63) is 29.3 Å². The highest BCUT2D eigenvalue weighted by Crippen LogP contribution is 2.27. The summed E-state index contributed by atoms with van der Waals surface area (Å²) in [5, 5.41) is 5.75. The van der Waals surface area contributed by atoms with Crippen LogP contribution < -0.4 is 15.5 Å². The first-order valence-corrected chi connectivity index (χ1v) is 8.92. The quantitative estimate of drug-likeness (QED) is 0.622. The average Bonchev–Trinajstić information content (AvgIpc) is 2.59. The van der Waals surface area contributed by atoms with E-state index < -0.39 is 12.0 Å². The van der Waals surface area contributed by atoms with Crippen LogP contribution in [0.25, 0.3) is 0 Å². The summed E-state index contributed by atoms with van der Waals surface area (Å²) in [6.07, 6.45) is -0.0352. The van der Waals surface area contributed by atoms with Gasteiger partial charge in [0.15, 0.2) is 12.6 Å². The SMILES string of the molecule is COC(=O)C[C@H]1C(=O)NCC[NH+]1CC(=O)Nc1c(C)cccc1C(C)C. The van der Waals surface area contributed by atoms with E-state index in [1.807, 2.05) is 25.1 Å². The fraction of sp³-hybridized carbons (Fsp3) is 0.526. The molecule has 1 fully saturated rings. The molecule has 0 saturated carbocycles. The van der Waals surface area contributed by atoms with Crippen LogP contribution in [-0.4, -0.2) is 50.6 Å². The topological polar surface area (TPSA) is 88.9 Å². The maximum absolute atomic E-state index is 12.6. The van der Waals surface area contributed by atoms with E-state index >= 15 is 0 Å². The number of nitrogens with one attached hydrogen (secondary N) is 3. The van der Waals surface area contributed by atoms with Gasteiger partial charge < -0.3 is 20.3 Å². The van der Waals surface area contributed by atoms with Gasteiger partial charge in [-0.1, -0.05) is 32.0 Å². The van der Waals surface area contributed by atoms with Crippen LogP contribution in [-0.2, 0) is 19.1 Å². The van der Waals surface area contributed by atoms with Gasteiger partial charge in [0.05, 0.1) is 20.2 Å². The van der Waals surface area contributed by atoms with Crippen molar-refractivity contribution in [2.24, 2.45) is 0 Å². The second kappa shape index (κ2) is 8.80. The van der Waals surface area contributed by atoms with Crippen molar-refractivity contribution in [2.75, 3.05) is 32.1 Å². The normalized spacial score (nSPS) is 19.8. The van der Waals surface area contributed by atoms with E-state index in [9.17, 15) is 14.4 Å². The first-order chi connectivity index (χ1) is 12.3. The van der Waals surface area contributed by atoms with Gasteiger partial charge in [-0.3, -0.25) is 14.4 Å². The second-order valence-electron chi connectivity index (χ2n) is 6.95. The lowest BCUT2D eigenvalue weighted by atomic mass is 9.98. The number of esters is 1. The van der Waals surface area contributed by atoms with Crippen molar-refractivity contribution >= 4 is 23.5 Å². The molecule has 1 aromatic rings. The maximum Gasteiger partial charge on any atom is 0.312 e. The summed E-state index contributed by atoms with van der Waals surface area (Å²) >= 11 is 0. The number of anilines is 1. The minimum absolute atomic E-state index is 0.0352. The van der Waals surface area contributed by atoms with Gasteiger partial charge in [-0.05, 0) is 24.0 Å². The predicted octanol–water partition coefficient (Wildman–Crippen LogP) is 0.00332. The van der Waals surface area contributed by atoms with Crippen LogP contribution in [0.1, 0.15) is 37.3 Å². The molecule has 2 amide bonds. The zero-order valence-corrected chi connectivity index (χ0v) is 15.8. The first-order valence-electron chi connectivity index (χ1n) is 8.92. The van der Waals surface area contributed by atoms with Crippen LogP contribution in [0.4, 0.5) is 5.69 Å². The molecule has 0 aliphatic carbocycles. The largest absolute Gasteiger partial charge is 0.469 e. The van der Waals surface area contributed by atoms with Gasteiger partial charge in [-0.2, -0.15) is 0 Å². The summed E-state index contributed by atoms with van der Waals surface area (Å²) in [5.41, 5.74) is 2.91. The molecule has 1 saturated heterocycles. The molecule has 7 heteroatoms. The minimum Gasteiger partial charge on any atom is -0.469 e. The smallest absolute Gasteiger partial charge is 0.312 e. The molecular formula is C19H28N3O4+. The minimum atomic E-state index is -0.608. The number of benzene rings is 1. The molecule has 1 unspecified atom stereocenters. The zero-order valence-electron chi connectivity index (χ0n) is 15.8. The van der Waals surface area contributed by atoms with E-state index in [4.69, 9.17) is 0 Å². The number of hydrogen-bond acceptors (Lipinski definition) is 4. The number of quaternary nitrogens is 1. The van der Waals surface area contributed by atoms with Gasteiger partial charge in [0.25, 0.3) is 11.8 Å². The van der Waals surface area contributed by atoms with Crippen molar-refractivity contribution in [3.63, 3.8) is 0 Å². The number of carbonyl (C=O) groups is 3. The first kappa shape index (κ1) is 19.9. The monoisotopic (exact) mass is 362 g/mol. The Morgan fingerprint density at radius 2 is 2.12 bits per heavy atom. The molecule has 142 valence electrons. The fourth-order valence-corrected chi connectivity index (χ4v) is 3.26. The summed E-state index contributed by atoms with van der Waals surface area (Å²) in [6, 6.07) is 5.34. The Hall–Kier alpha value is -2.41. The van der Waals surface area contributed by atoms with E-state index in [1.54, 1.807) is 0 Å². The number of piperazine rings is 1. The highest BCUT2D eigenvalue weighted by molar-refractivity contribution is 5.93. The van der Waals surface area contributed by atoms with E-state index in [2.05, 4.69) is 29.2 Å². The van der Waals surface area contributed by atoms with E-state index in [1.165, 1.54) is 7.11 Å². The van der Waals surface area contributed by atoms with E-state index in [0.717, 1.165) is 21.7 Å². The van der Waals surface area contributed by atoms with E-state index in [0.29, 0.717) is 13.1 Å². The second-order valence-corrected chi connectivity index (χ2v) is 6.95. The van der Waals surface area contributed by atoms with Gasteiger partial charge in [0.2, 0.25) is 0 Å². The van der Waals surface area contributed by atoms with Crippen molar-refractivity contribution in [1.82, 2.24) is 5.32 Å². The molecular weight excluding hydrogens is 334 g/mol. The molecule has 1 heterocycles. The third-order valence-electron chi connectivity index (χ3n) is 4.73. The molecule has 1 aromatic carbocycles. The highest BCUT2D eigenvalue weighted by Gasteiger charge is 2.36. The number of ether oxygens (including phenoxy) is 1. The molecule has 7 nitrogen and oxygen atoms in total. The molecule has 0 bridgehead atoms. The molecule has 0 radical (unpaired) electrons. The molecule has 1 aliphatic heterocycles. The number of rotatable bonds is 6. The Morgan fingerprint density at radius 3 is 2.77 bits per heavy atom. The Bertz CT molecular complexity index is 687. The highest BCUT2D eigenvalue weighted by atomic mass is 16.5. The summed E-state index contributed by atoms with van der Waals surface area (Å²) in [4.78, 5) is 37.1. The van der Waals surface area contributed by atoms with Gasteiger partial charge in [0.1, 0.15) is 6.42 Å². The Labute approximate surface area is 154 Å². The maximum atomic E-state index is 12.6. The molecule has 1 aliphatic rings. The van der Waals surface area contributed by atoms with Crippen molar-refractivity contribution < 1.29 is 24.0 Å². The van der Waals surface area contributed by atoms with Crippen molar-refractivity contribution in [2.45, 2.75) is 39.2 Å². The number of carbonyl (C=O) groups excluding carboxylic acids is 3.